The van der Waals surface area contributed by atoms with Crippen LogP contribution >= 0.6 is 0 Å². The highest BCUT2D eigenvalue weighted by Crippen LogP contribution is 2.35. The molecule has 0 aromatic rings. The van der Waals surface area contributed by atoms with E-state index in [1.165, 1.54) is 0 Å². The standard InChI is InChI=1S/C11H23N/c1-6-7-11(5,9(2)3)8-10(4)12/h6,9-10H,1,7-8,12H2,2-5H3. The van der Waals surface area contributed by atoms with Gasteiger partial charge in [-0.25, -0.2) is 0 Å². The predicted octanol–water partition coefficient (Wildman–Crippen LogP) is 2.96. The van der Waals surface area contributed by atoms with Crippen LogP contribution in [0.25, 0.3) is 0 Å². The second-order valence-electron chi connectivity index (χ2n) is 4.48. The summed E-state index contributed by atoms with van der Waals surface area (Å²) >= 11 is 0. The van der Waals surface area contributed by atoms with Gasteiger partial charge in [0.25, 0.3) is 0 Å². The highest BCUT2D eigenvalue weighted by molar-refractivity contribution is 4.87. The highest BCUT2D eigenvalue weighted by atomic mass is 14.6. The second kappa shape index (κ2) is 4.66. The molecule has 0 rings (SSSR count). The van der Waals surface area contributed by atoms with Crippen molar-refractivity contribution < 1.29 is 0 Å². The zero-order valence-corrected chi connectivity index (χ0v) is 8.93. The van der Waals surface area contributed by atoms with Gasteiger partial charge in [0.1, 0.15) is 0 Å². The van der Waals surface area contributed by atoms with E-state index in [-0.39, 0.29) is 6.04 Å². The number of nitrogens with two attached hydrogens (primary N) is 1. The largest absolute Gasteiger partial charge is 0.328 e. The Morgan fingerprint density at radius 2 is 1.92 bits per heavy atom. The Morgan fingerprint density at radius 3 is 2.17 bits per heavy atom. The van der Waals surface area contributed by atoms with Crippen molar-refractivity contribution in [2.45, 2.75) is 46.6 Å². The zero-order chi connectivity index (χ0) is 9.78. The van der Waals surface area contributed by atoms with Gasteiger partial charge >= 0.3 is 0 Å². The molecule has 0 aliphatic rings. The van der Waals surface area contributed by atoms with E-state index in [9.17, 15) is 0 Å². The summed E-state index contributed by atoms with van der Waals surface area (Å²) in [4.78, 5) is 0. The van der Waals surface area contributed by atoms with Crippen LogP contribution in [0.4, 0.5) is 0 Å². The van der Waals surface area contributed by atoms with Crippen LogP contribution in [0.2, 0.25) is 0 Å². The molecule has 2 N–H and O–H groups in total. The molecule has 0 spiro atoms. The molecule has 2 atom stereocenters. The maximum Gasteiger partial charge on any atom is 0.00158 e. The van der Waals surface area contributed by atoms with E-state index in [1.807, 2.05) is 6.08 Å². The Morgan fingerprint density at radius 1 is 1.42 bits per heavy atom. The smallest absolute Gasteiger partial charge is 0.00158 e. The molecule has 0 heterocycles. The molecule has 2 unspecified atom stereocenters. The average molecular weight is 169 g/mol. The van der Waals surface area contributed by atoms with Crippen molar-refractivity contribution >= 4 is 0 Å². The molecule has 72 valence electrons. The molecule has 0 bridgehead atoms. The maximum atomic E-state index is 5.81. The van der Waals surface area contributed by atoms with Crippen LogP contribution in [0, 0.1) is 11.3 Å². The molecule has 0 aromatic carbocycles. The fraction of sp³-hybridized carbons (Fsp3) is 0.818. The fourth-order valence-electron chi connectivity index (χ4n) is 1.62. The summed E-state index contributed by atoms with van der Waals surface area (Å²) in [5.74, 6) is 0.668. The lowest BCUT2D eigenvalue weighted by molar-refractivity contribution is 0.190. The first kappa shape index (κ1) is 11.7. The monoisotopic (exact) mass is 169 g/mol. The third-order valence-electron chi connectivity index (χ3n) is 2.79. The second-order valence-corrected chi connectivity index (χ2v) is 4.48. The van der Waals surface area contributed by atoms with Crippen molar-refractivity contribution in [2.75, 3.05) is 0 Å². The lowest BCUT2D eigenvalue weighted by atomic mass is 9.72. The Hall–Kier alpha value is -0.300. The van der Waals surface area contributed by atoms with E-state index in [0.717, 1.165) is 12.8 Å². The highest BCUT2D eigenvalue weighted by Gasteiger charge is 2.27. The minimum Gasteiger partial charge on any atom is -0.328 e. The van der Waals surface area contributed by atoms with E-state index < -0.39 is 0 Å². The first-order valence-electron chi connectivity index (χ1n) is 4.79. The summed E-state index contributed by atoms with van der Waals surface area (Å²) in [7, 11) is 0. The summed E-state index contributed by atoms with van der Waals surface area (Å²) in [5, 5.41) is 0. The van der Waals surface area contributed by atoms with Gasteiger partial charge in [-0.3, -0.25) is 0 Å². The summed E-state index contributed by atoms with van der Waals surface area (Å²) in [6.07, 6.45) is 4.14. The van der Waals surface area contributed by atoms with Crippen molar-refractivity contribution in [3.05, 3.63) is 12.7 Å². The van der Waals surface area contributed by atoms with Crippen LogP contribution in [-0.4, -0.2) is 6.04 Å². The van der Waals surface area contributed by atoms with Crippen LogP contribution < -0.4 is 5.73 Å². The zero-order valence-electron chi connectivity index (χ0n) is 8.93. The van der Waals surface area contributed by atoms with Crippen molar-refractivity contribution in [3.8, 4) is 0 Å². The van der Waals surface area contributed by atoms with Crippen LogP contribution in [-0.2, 0) is 0 Å². The summed E-state index contributed by atoms with van der Waals surface area (Å²) in [5.41, 5.74) is 6.14. The van der Waals surface area contributed by atoms with Crippen LogP contribution in [0.3, 0.4) is 0 Å². The topological polar surface area (TPSA) is 26.0 Å². The molecule has 0 fully saturated rings. The van der Waals surface area contributed by atoms with Crippen molar-refractivity contribution in [1.29, 1.82) is 0 Å². The van der Waals surface area contributed by atoms with Crippen molar-refractivity contribution in [3.63, 3.8) is 0 Å². The first-order chi connectivity index (χ1) is 5.42. The molecule has 0 radical (unpaired) electrons. The van der Waals surface area contributed by atoms with Gasteiger partial charge in [-0.05, 0) is 31.1 Å². The quantitative estimate of drug-likeness (QED) is 0.629. The third-order valence-corrected chi connectivity index (χ3v) is 2.79. The molecule has 1 heteroatoms. The van der Waals surface area contributed by atoms with Gasteiger partial charge in [0.05, 0.1) is 0 Å². The normalized spacial score (nSPS) is 18.8. The number of rotatable bonds is 5. The van der Waals surface area contributed by atoms with E-state index >= 15 is 0 Å². The summed E-state index contributed by atoms with van der Waals surface area (Å²) in [6, 6.07) is 0.289. The summed E-state index contributed by atoms with van der Waals surface area (Å²) < 4.78 is 0. The van der Waals surface area contributed by atoms with Crippen molar-refractivity contribution in [2.24, 2.45) is 17.1 Å². The molecule has 0 aliphatic carbocycles. The molecule has 0 aliphatic heterocycles. The maximum absolute atomic E-state index is 5.81. The third kappa shape index (κ3) is 3.40. The van der Waals surface area contributed by atoms with Gasteiger partial charge in [-0.1, -0.05) is 26.8 Å². The average Bonchev–Trinajstić information content (AvgIpc) is 1.85. The Labute approximate surface area is 77.0 Å². The summed E-state index contributed by atoms with van der Waals surface area (Å²) in [6.45, 7) is 12.7. The SMILES string of the molecule is C=CCC(C)(CC(C)N)C(C)C. The number of allylic oxidation sites excluding steroid dienone is 1. The van der Waals surface area contributed by atoms with Crippen LogP contribution in [0.5, 0.6) is 0 Å². The molecule has 0 aromatic heterocycles. The van der Waals surface area contributed by atoms with E-state index in [4.69, 9.17) is 5.73 Å². The Kier molecular flexibility index (Phi) is 4.54. The van der Waals surface area contributed by atoms with Crippen LogP contribution in [0.15, 0.2) is 12.7 Å². The Balaban J connectivity index is 4.27. The van der Waals surface area contributed by atoms with Gasteiger partial charge in [-0.2, -0.15) is 0 Å². The lowest BCUT2D eigenvalue weighted by Crippen LogP contribution is -2.31. The minimum absolute atomic E-state index is 0.289. The van der Waals surface area contributed by atoms with E-state index in [0.29, 0.717) is 11.3 Å². The first-order valence-corrected chi connectivity index (χ1v) is 4.79. The van der Waals surface area contributed by atoms with E-state index in [2.05, 4.69) is 34.3 Å². The number of hydrogen-bond donors (Lipinski definition) is 1. The van der Waals surface area contributed by atoms with Crippen LogP contribution in [0.1, 0.15) is 40.5 Å². The molecule has 12 heavy (non-hydrogen) atoms. The predicted molar refractivity (Wildman–Crippen MR) is 56.0 cm³/mol. The van der Waals surface area contributed by atoms with Gasteiger partial charge < -0.3 is 5.73 Å². The molecule has 0 amide bonds. The molecule has 0 saturated carbocycles. The Bertz CT molecular complexity index is 138. The fourth-order valence-corrected chi connectivity index (χ4v) is 1.62. The van der Waals surface area contributed by atoms with Gasteiger partial charge in [-0.15, -0.1) is 6.58 Å². The van der Waals surface area contributed by atoms with E-state index in [1.54, 1.807) is 0 Å². The molecule has 1 nitrogen and oxygen atoms in total. The van der Waals surface area contributed by atoms with Gasteiger partial charge in [0, 0.05) is 6.04 Å². The number of hydrogen-bond acceptors (Lipinski definition) is 1. The van der Waals surface area contributed by atoms with Gasteiger partial charge in [0.15, 0.2) is 0 Å². The molecule has 0 saturated heterocycles. The van der Waals surface area contributed by atoms with Crippen molar-refractivity contribution in [1.82, 2.24) is 0 Å². The lowest BCUT2D eigenvalue weighted by Gasteiger charge is -2.34. The van der Waals surface area contributed by atoms with Gasteiger partial charge in [0.2, 0.25) is 0 Å². The minimum atomic E-state index is 0.289. The molecular weight excluding hydrogens is 146 g/mol. The molecular formula is C11H23N.